The van der Waals surface area contributed by atoms with Gasteiger partial charge in [0.1, 0.15) is 16.8 Å². The van der Waals surface area contributed by atoms with Gasteiger partial charge in [-0.1, -0.05) is 30.7 Å². The second-order valence-corrected chi connectivity index (χ2v) is 5.51. The molecule has 1 aliphatic rings. The van der Waals surface area contributed by atoms with E-state index in [-0.39, 0.29) is 0 Å². The highest BCUT2D eigenvalue weighted by atomic mass is 35.5. The van der Waals surface area contributed by atoms with Crippen LogP contribution in [0.5, 0.6) is 0 Å². The van der Waals surface area contributed by atoms with Gasteiger partial charge in [0.25, 0.3) is 0 Å². The molecular weight excluding hydrogens is 270 g/mol. The first-order valence-electron chi connectivity index (χ1n) is 7.17. The minimum atomic E-state index is 0.490. The van der Waals surface area contributed by atoms with Crippen molar-refractivity contribution in [2.75, 3.05) is 5.32 Å². The lowest BCUT2D eigenvalue weighted by atomic mass is 9.90. The smallest absolute Gasteiger partial charge is 0.135 e. The maximum Gasteiger partial charge on any atom is 0.135 e. The van der Waals surface area contributed by atoms with E-state index >= 15 is 0 Å². The molecule has 3 rings (SSSR count). The molecule has 104 valence electrons. The first kappa shape index (κ1) is 13.4. The summed E-state index contributed by atoms with van der Waals surface area (Å²) in [5, 5.41) is 3.90. The van der Waals surface area contributed by atoms with Crippen LogP contribution in [0.2, 0.25) is 5.15 Å². The molecule has 0 radical (unpaired) electrons. The van der Waals surface area contributed by atoms with Gasteiger partial charge in [-0.25, -0.2) is 9.97 Å². The quantitative estimate of drug-likeness (QED) is 0.855. The molecule has 1 heterocycles. The Kier molecular flexibility index (Phi) is 3.88. The van der Waals surface area contributed by atoms with Crippen LogP contribution in [0.4, 0.5) is 11.5 Å². The van der Waals surface area contributed by atoms with E-state index in [1.54, 1.807) is 6.07 Å². The van der Waals surface area contributed by atoms with E-state index in [1.165, 1.54) is 30.4 Å². The van der Waals surface area contributed by atoms with E-state index in [0.717, 1.165) is 30.2 Å². The predicted molar refractivity (Wildman–Crippen MR) is 82.8 cm³/mol. The molecule has 2 aromatic rings. The van der Waals surface area contributed by atoms with Gasteiger partial charge >= 0.3 is 0 Å². The van der Waals surface area contributed by atoms with Crippen molar-refractivity contribution >= 4 is 23.1 Å². The molecule has 1 N–H and O–H groups in total. The van der Waals surface area contributed by atoms with Crippen molar-refractivity contribution < 1.29 is 0 Å². The molecule has 0 spiro atoms. The lowest BCUT2D eigenvalue weighted by molar-refractivity contribution is 0.687. The summed E-state index contributed by atoms with van der Waals surface area (Å²) in [5.41, 5.74) is 4.03. The summed E-state index contributed by atoms with van der Waals surface area (Å²) >= 11 is 6.05. The summed E-state index contributed by atoms with van der Waals surface area (Å²) in [4.78, 5) is 8.69. The summed E-state index contributed by atoms with van der Waals surface area (Å²) in [5.74, 6) is 1.55. The number of halogens is 1. The van der Waals surface area contributed by atoms with Gasteiger partial charge in [-0.15, -0.1) is 0 Å². The zero-order chi connectivity index (χ0) is 13.9. The average molecular weight is 288 g/mol. The number of nitrogens with zero attached hydrogens (tertiary/aromatic N) is 2. The molecule has 4 heteroatoms. The highest BCUT2D eigenvalue weighted by molar-refractivity contribution is 6.29. The van der Waals surface area contributed by atoms with Crippen LogP contribution in [0.25, 0.3) is 0 Å². The van der Waals surface area contributed by atoms with Crippen molar-refractivity contribution in [1.29, 1.82) is 0 Å². The fourth-order valence-corrected chi connectivity index (χ4v) is 2.92. The number of aryl methyl sites for hydroxylation is 2. The molecule has 1 aromatic heterocycles. The summed E-state index contributed by atoms with van der Waals surface area (Å²) in [6.07, 6.45) is 5.64. The third-order valence-corrected chi connectivity index (χ3v) is 3.91. The third kappa shape index (κ3) is 2.78. The SMILES string of the molecule is CCc1nc(Cl)cc(Nc2cccc3c2CCCC3)n1. The zero-order valence-electron chi connectivity index (χ0n) is 11.6. The summed E-state index contributed by atoms with van der Waals surface area (Å²) in [6.45, 7) is 2.03. The van der Waals surface area contributed by atoms with Gasteiger partial charge in [-0.3, -0.25) is 0 Å². The van der Waals surface area contributed by atoms with E-state index in [9.17, 15) is 0 Å². The van der Waals surface area contributed by atoms with Gasteiger partial charge in [0.05, 0.1) is 0 Å². The first-order valence-corrected chi connectivity index (χ1v) is 7.55. The Morgan fingerprint density at radius 1 is 1.20 bits per heavy atom. The van der Waals surface area contributed by atoms with E-state index in [4.69, 9.17) is 11.6 Å². The van der Waals surface area contributed by atoms with Crippen molar-refractivity contribution in [2.45, 2.75) is 39.0 Å². The van der Waals surface area contributed by atoms with Crippen LogP contribution in [0, 0.1) is 0 Å². The number of hydrogen-bond acceptors (Lipinski definition) is 3. The molecule has 0 aliphatic heterocycles. The highest BCUT2D eigenvalue weighted by Gasteiger charge is 2.13. The van der Waals surface area contributed by atoms with Gasteiger partial charge in [0.15, 0.2) is 0 Å². The second kappa shape index (κ2) is 5.80. The molecule has 3 nitrogen and oxygen atoms in total. The minimum absolute atomic E-state index is 0.490. The van der Waals surface area contributed by atoms with Crippen LogP contribution in [-0.4, -0.2) is 9.97 Å². The molecule has 0 unspecified atom stereocenters. The molecule has 0 saturated carbocycles. The summed E-state index contributed by atoms with van der Waals surface area (Å²) in [6, 6.07) is 8.23. The molecule has 0 fully saturated rings. The van der Waals surface area contributed by atoms with E-state index in [0.29, 0.717) is 5.15 Å². The second-order valence-electron chi connectivity index (χ2n) is 5.12. The monoisotopic (exact) mass is 287 g/mol. The number of rotatable bonds is 3. The van der Waals surface area contributed by atoms with Crippen molar-refractivity contribution in [1.82, 2.24) is 9.97 Å². The number of benzene rings is 1. The van der Waals surface area contributed by atoms with Crippen LogP contribution in [0.1, 0.15) is 36.7 Å². The third-order valence-electron chi connectivity index (χ3n) is 3.72. The Hall–Kier alpha value is -1.61. The van der Waals surface area contributed by atoms with Gasteiger partial charge in [-0.2, -0.15) is 0 Å². The zero-order valence-corrected chi connectivity index (χ0v) is 12.4. The van der Waals surface area contributed by atoms with Crippen molar-refractivity contribution in [3.05, 3.63) is 46.4 Å². The largest absolute Gasteiger partial charge is 0.340 e. The minimum Gasteiger partial charge on any atom is -0.340 e. The average Bonchev–Trinajstić information content (AvgIpc) is 2.47. The van der Waals surface area contributed by atoms with Gasteiger partial charge in [-0.05, 0) is 42.9 Å². The van der Waals surface area contributed by atoms with Crippen molar-refractivity contribution in [3.63, 3.8) is 0 Å². The van der Waals surface area contributed by atoms with Gasteiger partial charge < -0.3 is 5.32 Å². The maximum atomic E-state index is 6.05. The van der Waals surface area contributed by atoms with Crippen LogP contribution in [0.3, 0.4) is 0 Å². The molecular formula is C16H18ClN3. The van der Waals surface area contributed by atoms with Crippen molar-refractivity contribution in [3.8, 4) is 0 Å². The van der Waals surface area contributed by atoms with E-state index in [2.05, 4.69) is 33.5 Å². The van der Waals surface area contributed by atoms with Crippen LogP contribution in [-0.2, 0) is 19.3 Å². The van der Waals surface area contributed by atoms with Gasteiger partial charge in [0, 0.05) is 18.2 Å². The summed E-state index contributed by atoms with van der Waals surface area (Å²) < 4.78 is 0. The Balaban J connectivity index is 1.93. The Labute approximate surface area is 124 Å². The number of nitrogens with one attached hydrogen (secondary N) is 1. The van der Waals surface area contributed by atoms with Crippen LogP contribution in [0.15, 0.2) is 24.3 Å². The number of fused-ring (bicyclic) bond motifs is 1. The predicted octanol–water partition coefficient (Wildman–Crippen LogP) is 4.31. The Morgan fingerprint density at radius 2 is 2.05 bits per heavy atom. The van der Waals surface area contributed by atoms with Crippen LogP contribution < -0.4 is 5.32 Å². The van der Waals surface area contributed by atoms with E-state index < -0.39 is 0 Å². The fourth-order valence-electron chi connectivity index (χ4n) is 2.72. The molecule has 1 aliphatic carbocycles. The molecule has 0 atom stereocenters. The van der Waals surface area contributed by atoms with E-state index in [1.807, 2.05) is 6.92 Å². The first-order chi connectivity index (χ1) is 9.76. The van der Waals surface area contributed by atoms with Crippen LogP contribution >= 0.6 is 11.6 Å². The maximum absolute atomic E-state index is 6.05. The standard InChI is InChI=1S/C16H18ClN3/c1-2-15-19-14(17)10-16(20-15)18-13-9-5-7-11-6-3-4-8-12(11)13/h5,7,9-10H,2-4,6,8H2,1H3,(H,18,19,20). The van der Waals surface area contributed by atoms with Crippen molar-refractivity contribution in [2.24, 2.45) is 0 Å². The normalized spacial score (nSPS) is 13.9. The molecule has 20 heavy (non-hydrogen) atoms. The summed E-state index contributed by atoms with van der Waals surface area (Å²) in [7, 11) is 0. The Bertz CT molecular complexity index is 625. The van der Waals surface area contributed by atoms with Gasteiger partial charge in [0.2, 0.25) is 0 Å². The number of anilines is 2. The lowest BCUT2D eigenvalue weighted by Gasteiger charge is -2.20. The molecule has 1 aromatic carbocycles. The molecule has 0 amide bonds. The Morgan fingerprint density at radius 3 is 2.90 bits per heavy atom. The number of hydrogen-bond donors (Lipinski definition) is 1. The highest BCUT2D eigenvalue weighted by Crippen LogP contribution is 2.29. The molecule has 0 saturated heterocycles. The lowest BCUT2D eigenvalue weighted by Crippen LogP contribution is -2.07. The number of aromatic nitrogens is 2. The topological polar surface area (TPSA) is 37.8 Å². The molecule has 0 bridgehead atoms. The fraction of sp³-hybridized carbons (Fsp3) is 0.375.